The van der Waals surface area contributed by atoms with Crippen LogP contribution in [0.15, 0.2) is 12.1 Å². The molecular weight excluding hydrogens is 226 g/mol. The molecule has 1 heterocycles. The number of thiophene rings is 1. The van der Waals surface area contributed by atoms with E-state index in [9.17, 15) is 0 Å². The molecule has 0 aliphatic heterocycles. The SMILES string of the molecule is CNCC(Cc1ccc(Cl)s1)CC(C)C. The summed E-state index contributed by atoms with van der Waals surface area (Å²) in [7, 11) is 2.02. The van der Waals surface area contributed by atoms with Crippen LogP contribution in [0.3, 0.4) is 0 Å². The fraction of sp³-hybridized carbons (Fsp3) is 0.667. The number of hydrogen-bond donors (Lipinski definition) is 1. The van der Waals surface area contributed by atoms with Crippen molar-refractivity contribution >= 4 is 22.9 Å². The van der Waals surface area contributed by atoms with Gasteiger partial charge in [-0.1, -0.05) is 25.4 Å². The number of halogens is 1. The van der Waals surface area contributed by atoms with Gasteiger partial charge in [-0.25, -0.2) is 0 Å². The molecule has 1 atom stereocenters. The van der Waals surface area contributed by atoms with Gasteiger partial charge in [-0.2, -0.15) is 0 Å². The van der Waals surface area contributed by atoms with Crippen molar-refractivity contribution in [2.45, 2.75) is 26.7 Å². The van der Waals surface area contributed by atoms with E-state index >= 15 is 0 Å². The zero-order chi connectivity index (χ0) is 11.3. The number of hydrogen-bond acceptors (Lipinski definition) is 2. The Balaban J connectivity index is 2.50. The van der Waals surface area contributed by atoms with Gasteiger partial charge >= 0.3 is 0 Å². The highest BCUT2D eigenvalue weighted by Gasteiger charge is 2.12. The van der Waals surface area contributed by atoms with Crippen LogP contribution in [0.4, 0.5) is 0 Å². The third kappa shape index (κ3) is 5.01. The van der Waals surface area contributed by atoms with Crippen LogP contribution in [0.25, 0.3) is 0 Å². The van der Waals surface area contributed by atoms with E-state index in [2.05, 4.69) is 25.2 Å². The summed E-state index contributed by atoms with van der Waals surface area (Å²) in [6.45, 7) is 5.65. The zero-order valence-corrected chi connectivity index (χ0v) is 11.3. The summed E-state index contributed by atoms with van der Waals surface area (Å²) in [5.74, 6) is 1.49. The van der Waals surface area contributed by atoms with E-state index < -0.39 is 0 Å². The Morgan fingerprint density at radius 3 is 2.60 bits per heavy atom. The largest absolute Gasteiger partial charge is 0.319 e. The monoisotopic (exact) mass is 245 g/mol. The van der Waals surface area contributed by atoms with Gasteiger partial charge in [-0.3, -0.25) is 0 Å². The van der Waals surface area contributed by atoms with Crippen molar-refractivity contribution in [3.05, 3.63) is 21.3 Å². The van der Waals surface area contributed by atoms with E-state index in [1.165, 1.54) is 11.3 Å². The fourth-order valence-corrected chi connectivity index (χ4v) is 3.14. The predicted octanol–water partition coefficient (Wildman–Crippen LogP) is 3.83. The predicted molar refractivity (Wildman–Crippen MR) is 69.9 cm³/mol. The van der Waals surface area contributed by atoms with Gasteiger partial charge in [-0.15, -0.1) is 11.3 Å². The van der Waals surface area contributed by atoms with Crippen LogP contribution >= 0.6 is 22.9 Å². The quantitative estimate of drug-likeness (QED) is 0.804. The first-order chi connectivity index (χ1) is 7.11. The lowest BCUT2D eigenvalue weighted by molar-refractivity contribution is 0.397. The van der Waals surface area contributed by atoms with Crippen LogP contribution in [0.2, 0.25) is 4.34 Å². The van der Waals surface area contributed by atoms with Crippen molar-refractivity contribution in [2.75, 3.05) is 13.6 Å². The van der Waals surface area contributed by atoms with E-state index in [4.69, 9.17) is 11.6 Å². The third-order valence-corrected chi connectivity index (χ3v) is 3.67. The van der Waals surface area contributed by atoms with Crippen LogP contribution in [-0.2, 0) is 6.42 Å². The molecule has 0 saturated heterocycles. The van der Waals surface area contributed by atoms with Gasteiger partial charge in [0.25, 0.3) is 0 Å². The van der Waals surface area contributed by atoms with Crippen molar-refractivity contribution in [1.82, 2.24) is 5.32 Å². The minimum absolute atomic E-state index is 0.727. The normalized spacial score (nSPS) is 13.4. The second-order valence-corrected chi connectivity index (χ2v) is 6.26. The van der Waals surface area contributed by atoms with E-state index in [1.54, 1.807) is 11.3 Å². The highest BCUT2D eigenvalue weighted by molar-refractivity contribution is 7.16. The van der Waals surface area contributed by atoms with Crippen LogP contribution in [0.1, 0.15) is 25.1 Å². The molecule has 1 unspecified atom stereocenters. The summed E-state index contributed by atoms with van der Waals surface area (Å²) < 4.78 is 0.901. The minimum Gasteiger partial charge on any atom is -0.319 e. The minimum atomic E-state index is 0.727. The Bertz CT molecular complexity index is 283. The highest BCUT2D eigenvalue weighted by atomic mass is 35.5. The molecule has 0 aliphatic carbocycles. The van der Waals surface area contributed by atoms with Gasteiger partial charge in [0, 0.05) is 4.88 Å². The maximum atomic E-state index is 5.93. The van der Waals surface area contributed by atoms with Gasteiger partial charge in [0.2, 0.25) is 0 Å². The van der Waals surface area contributed by atoms with Crippen molar-refractivity contribution in [3.63, 3.8) is 0 Å². The molecule has 1 N–H and O–H groups in total. The second-order valence-electron chi connectivity index (χ2n) is 4.46. The summed E-state index contributed by atoms with van der Waals surface area (Å²) in [5, 5.41) is 3.27. The summed E-state index contributed by atoms with van der Waals surface area (Å²) in [4.78, 5) is 1.40. The Kier molecular flexibility index (Phi) is 5.65. The third-order valence-electron chi connectivity index (χ3n) is 2.42. The molecule has 15 heavy (non-hydrogen) atoms. The molecular formula is C12H20ClNS. The second kappa shape index (κ2) is 6.51. The smallest absolute Gasteiger partial charge is 0.0931 e. The number of rotatable bonds is 6. The molecule has 0 radical (unpaired) electrons. The van der Waals surface area contributed by atoms with Gasteiger partial charge in [0.15, 0.2) is 0 Å². The maximum Gasteiger partial charge on any atom is 0.0931 e. The molecule has 0 aliphatic rings. The summed E-state index contributed by atoms with van der Waals surface area (Å²) in [6.07, 6.45) is 2.42. The first-order valence-corrected chi connectivity index (χ1v) is 6.70. The van der Waals surface area contributed by atoms with Gasteiger partial charge in [-0.05, 0) is 50.4 Å². The van der Waals surface area contributed by atoms with E-state index in [-0.39, 0.29) is 0 Å². The lowest BCUT2D eigenvalue weighted by Gasteiger charge is -2.17. The van der Waals surface area contributed by atoms with Crippen molar-refractivity contribution in [1.29, 1.82) is 0 Å². The topological polar surface area (TPSA) is 12.0 Å². The Hall–Kier alpha value is -0.0500. The average molecular weight is 246 g/mol. The van der Waals surface area contributed by atoms with Gasteiger partial charge < -0.3 is 5.32 Å². The average Bonchev–Trinajstić information content (AvgIpc) is 2.50. The van der Waals surface area contributed by atoms with Crippen LogP contribution in [-0.4, -0.2) is 13.6 Å². The summed E-state index contributed by atoms with van der Waals surface area (Å²) in [6, 6.07) is 4.14. The molecule has 0 aromatic carbocycles. The summed E-state index contributed by atoms with van der Waals surface area (Å²) >= 11 is 7.64. The maximum absolute atomic E-state index is 5.93. The van der Waals surface area contributed by atoms with E-state index in [0.29, 0.717) is 0 Å². The Morgan fingerprint density at radius 2 is 2.13 bits per heavy atom. The molecule has 3 heteroatoms. The van der Waals surface area contributed by atoms with Crippen molar-refractivity contribution in [3.8, 4) is 0 Å². The first-order valence-electron chi connectivity index (χ1n) is 5.50. The molecule has 1 aromatic heterocycles. The highest BCUT2D eigenvalue weighted by Crippen LogP contribution is 2.25. The van der Waals surface area contributed by atoms with Crippen molar-refractivity contribution < 1.29 is 0 Å². The fourth-order valence-electron chi connectivity index (χ4n) is 1.94. The van der Waals surface area contributed by atoms with Crippen LogP contribution in [0.5, 0.6) is 0 Å². The zero-order valence-electron chi connectivity index (χ0n) is 9.72. The molecule has 0 spiro atoms. The Labute approximate surface area is 102 Å². The standard InChI is InChI=1S/C12H20ClNS/c1-9(2)6-10(8-14-3)7-11-4-5-12(13)15-11/h4-5,9-10,14H,6-8H2,1-3H3. The van der Waals surface area contributed by atoms with E-state index in [1.807, 2.05) is 13.1 Å². The first kappa shape index (κ1) is 13.0. The van der Waals surface area contributed by atoms with Gasteiger partial charge in [0.05, 0.1) is 4.34 Å². The van der Waals surface area contributed by atoms with Gasteiger partial charge in [0.1, 0.15) is 0 Å². The molecule has 1 nitrogen and oxygen atoms in total. The molecule has 1 rings (SSSR count). The van der Waals surface area contributed by atoms with Crippen LogP contribution < -0.4 is 5.32 Å². The Morgan fingerprint density at radius 1 is 1.40 bits per heavy atom. The molecule has 1 aromatic rings. The van der Waals surface area contributed by atoms with E-state index in [0.717, 1.165) is 29.1 Å². The summed E-state index contributed by atoms with van der Waals surface area (Å²) in [5.41, 5.74) is 0. The molecule has 0 amide bonds. The molecule has 86 valence electrons. The lowest BCUT2D eigenvalue weighted by atomic mass is 9.93. The molecule has 0 fully saturated rings. The lowest BCUT2D eigenvalue weighted by Crippen LogP contribution is -2.21. The number of nitrogens with one attached hydrogen (secondary N) is 1. The molecule has 0 bridgehead atoms. The van der Waals surface area contributed by atoms with Crippen LogP contribution in [0, 0.1) is 11.8 Å². The van der Waals surface area contributed by atoms with Crippen molar-refractivity contribution in [2.24, 2.45) is 11.8 Å². The molecule has 0 saturated carbocycles.